The number of pyridine rings is 1. The minimum absolute atomic E-state index is 0.575. The van der Waals surface area contributed by atoms with E-state index in [1.165, 1.54) is 10.8 Å². The maximum atomic E-state index is 6.22. The fraction of sp³-hybridized carbons (Fsp3) is 0. The lowest BCUT2D eigenvalue weighted by molar-refractivity contribution is 0.667. The zero-order valence-corrected chi connectivity index (χ0v) is 26.7. The first-order valence-corrected chi connectivity index (χ1v) is 16.6. The van der Waals surface area contributed by atoms with Gasteiger partial charge >= 0.3 is 0 Å². The Bertz CT molecular complexity index is 2840. The van der Waals surface area contributed by atoms with Gasteiger partial charge in [-0.3, -0.25) is 4.98 Å². The van der Waals surface area contributed by atoms with Crippen LogP contribution >= 0.6 is 0 Å². The van der Waals surface area contributed by atoms with Crippen LogP contribution in [-0.4, -0.2) is 24.5 Å². The summed E-state index contributed by atoms with van der Waals surface area (Å²) in [4.78, 5) is 20.1. The minimum Gasteiger partial charge on any atom is -0.454 e. The Morgan fingerprint density at radius 2 is 0.960 bits per heavy atom. The van der Waals surface area contributed by atoms with E-state index >= 15 is 0 Å². The normalized spacial score (nSPS) is 11.6. The Balaban J connectivity index is 1.24. The van der Waals surface area contributed by atoms with Crippen LogP contribution in [0.1, 0.15) is 0 Å². The van der Waals surface area contributed by atoms with E-state index in [0.29, 0.717) is 17.5 Å². The first-order chi connectivity index (χ1) is 24.8. The highest BCUT2D eigenvalue weighted by Gasteiger charge is 2.21. The Morgan fingerprint density at radius 1 is 0.400 bits per heavy atom. The van der Waals surface area contributed by atoms with Crippen molar-refractivity contribution >= 4 is 43.7 Å². The van der Waals surface area contributed by atoms with Gasteiger partial charge in [-0.1, -0.05) is 121 Å². The van der Waals surface area contributed by atoms with Crippen molar-refractivity contribution in [2.75, 3.05) is 0 Å². The molecule has 0 aliphatic carbocycles. The second-order valence-corrected chi connectivity index (χ2v) is 12.3. The van der Waals surface area contributed by atoms with Gasteiger partial charge in [0.25, 0.3) is 0 Å². The van der Waals surface area contributed by atoms with Gasteiger partial charge in [-0.15, -0.1) is 0 Å². The number of benzene rings is 6. The summed E-state index contributed by atoms with van der Waals surface area (Å²) in [6.07, 6.45) is 3.68. The van der Waals surface area contributed by atoms with Gasteiger partial charge in [0, 0.05) is 50.0 Å². The van der Waals surface area contributed by atoms with E-state index in [9.17, 15) is 0 Å². The smallest absolute Gasteiger partial charge is 0.166 e. The lowest BCUT2D eigenvalue weighted by Crippen LogP contribution is -2.04. The molecule has 0 spiro atoms. The van der Waals surface area contributed by atoms with Crippen LogP contribution in [0.5, 0.6) is 0 Å². The van der Waals surface area contributed by atoms with Gasteiger partial charge in [-0.05, 0) is 35.9 Å². The predicted molar refractivity (Wildman–Crippen MR) is 201 cm³/mol. The van der Waals surface area contributed by atoms with E-state index in [-0.39, 0.29) is 0 Å². The molecule has 6 nitrogen and oxygen atoms in total. The molecular formula is C44H27N5O. The number of rotatable bonds is 5. The van der Waals surface area contributed by atoms with Crippen LogP contribution in [0, 0.1) is 0 Å². The summed E-state index contributed by atoms with van der Waals surface area (Å²) in [5.74, 6) is 1.76. The average molecular weight is 642 g/mol. The van der Waals surface area contributed by atoms with Crippen molar-refractivity contribution in [1.82, 2.24) is 24.5 Å². The molecule has 0 radical (unpaired) electrons. The van der Waals surface area contributed by atoms with Crippen molar-refractivity contribution < 1.29 is 4.42 Å². The largest absolute Gasteiger partial charge is 0.454 e. The molecule has 0 atom stereocenters. The molecule has 0 aliphatic rings. The number of furan rings is 1. The van der Waals surface area contributed by atoms with Gasteiger partial charge in [-0.25, -0.2) is 15.0 Å². The van der Waals surface area contributed by atoms with Gasteiger partial charge < -0.3 is 8.98 Å². The molecule has 0 bridgehead atoms. The van der Waals surface area contributed by atoms with Crippen molar-refractivity contribution in [2.45, 2.75) is 0 Å². The van der Waals surface area contributed by atoms with E-state index in [1.807, 2.05) is 72.9 Å². The molecule has 0 unspecified atom stereocenters. The van der Waals surface area contributed by atoms with E-state index < -0.39 is 0 Å². The number of aromatic nitrogens is 5. The van der Waals surface area contributed by atoms with E-state index in [0.717, 1.165) is 66.5 Å². The molecule has 0 fully saturated rings. The third-order valence-electron chi connectivity index (χ3n) is 9.38. The molecular weight excluding hydrogens is 615 g/mol. The monoisotopic (exact) mass is 641 g/mol. The van der Waals surface area contributed by atoms with Crippen molar-refractivity contribution in [3.05, 3.63) is 164 Å². The fourth-order valence-electron chi connectivity index (χ4n) is 7.17. The zero-order chi connectivity index (χ0) is 33.0. The maximum Gasteiger partial charge on any atom is 0.166 e. The van der Waals surface area contributed by atoms with Crippen LogP contribution in [0.4, 0.5) is 0 Å². The average Bonchev–Trinajstić information content (AvgIpc) is 3.74. The molecule has 0 aliphatic heterocycles. The number of nitrogens with zero attached hydrogens (tertiary/aromatic N) is 5. The molecule has 4 aromatic heterocycles. The molecule has 234 valence electrons. The number of fused-ring (bicyclic) bond motifs is 6. The Hall–Kier alpha value is -6.92. The van der Waals surface area contributed by atoms with E-state index in [4.69, 9.17) is 19.4 Å². The molecule has 0 saturated carbocycles. The van der Waals surface area contributed by atoms with Crippen molar-refractivity contribution in [3.63, 3.8) is 0 Å². The quantitative estimate of drug-likeness (QED) is 0.187. The molecule has 6 aromatic carbocycles. The summed E-state index contributed by atoms with van der Waals surface area (Å²) in [6.45, 7) is 0. The highest BCUT2D eigenvalue weighted by Crippen LogP contribution is 2.41. The standard InChI is InChI=1S/C44H27N5O/c1-2-14-28(15-3-1)42-46-43(32-19-5-4-16-29(32)35-26-45-27-40-41(35)34-21-9-13-25-39(34)50-40)48-44(47-42)33-20-8-12-24-38(33)49-36-22-10-6-17-30(36)31-18-7-11-23-37(31)49/h1-27H. The van der Waals surface area contributed by atoms with Gasteiger partial charge in [-0.2, -0.15) is 0 Å². The summed E-state index contributed by atoms with van der Waals surface area (Å²) in [6, 6.07) is 51.9. The van der Waals surface area contributed by atoms with Crippen molar-refractivity contribution in [3.8, 4) is 51.0 Å². The molecule has 0 amide bonds. The van der Waals surface area contributed by atoms with Gasteiger partial charge in [0.2, 0.25) is 0 Å². The second kappa shape index (κ2) is 11.4. The number of para-hydroxylation sites is 4. The summed E-state index contributed by atoms with van der Waals surface area (Å²) in [7, 11) is 0. The summed E-state index contributed by atoms with van der Waals surface area (Å²) < 4.78 is 8.53. The van der Waals surface area contributed by atoms with Crippen LogP contribution in [0.25, 0.3) is 94.7 Å². The fourth-order valence-corrected chi connectivity index (χ4v) is 7.17. The minimum atomic E-state index is 0.575. The molecule has 4 heterocycles. The topological polar surface area (TPSA) is 69.6 Å². The first kappa shape index (κ1) is 28.1. The van der Waals surface area contributed by atoms with Crippen LogP contribution in [-0.2, 0) is 0 Å². The predicted octanol–water partition coefficient (Wildman–Crippen LogP) is 10.9. The highest BCUT2D eigenvalue weighted by atomic mass is 16.3. The van der Waals surface area contributed by atoms with Gasteiger partial charge in [0.1, 0.15) is 5.58 Å². The van der Waals surface area contributed by atoms with E-state index in [1.54, 1.807) is 6.20 Å². The lowest BCUT2D eigenvalue weighted by Gasteiger charge is -2.15. The number of hydrogen-bond acceptors (Lipinski definition) is 5. The number of hydrogen-bond donors (Lipinski definition) is 0. The van der Waals surface area contributed by atoms with Gasteiger partial charge in [0.15, 0.2) is 23.1 Å². The molecule has 10 aromatic rings. The zero-order valence-electron chi connectivity index (χ0n) is 26.7. The summed E-state index contributed by atoms with van der Waals surface area (Å²) >= 11 is 0. The Labute approximate surface area is 287 Å². The van der Waals surface area contributed by atoms with Crippen LogP contribution in [0.2, 0.25) is 0 Å². The van der Waals surface area contributed by atoms with Crippen molar-refractivity contribution in [2.24, 2.45) is 0 Å². The molecule has 6 heteroatoms. The van der Waals surface area contributed by atoms with E-state index in [2.05, 4.69) is 94.5 Å². The highest BCUT2D eigenvalue weighted by molar-refractivity contribution is 6.13. The molecule has 50 heavy (non-hydrogen) atoms. The van der Waals surface area contributed by atoms with Crippen LogP contribution in [0.15, 0.2) is 168 Å². The third kappa shape index (κ3) is 4.43. The molecule has 10 rings (SSSR count). The Kier molecular flexibility index (Phi) is 6.39. The lowest BCUT2D eigenvalue weighted by atomic mass is 9.96. The van der Waals surface area contributed by atoms with Crippen LogP contribution in [0.3, 0.4) is 0 Å². The molecule has 0 saturated heterocycles. The second-order valence-electron chi connectivity index (χ2n) is 12.3. The molecule has 0 N–H and O–H groups in total. The summed E-state index contributed by atoms with van der Waals surface area (Å²) in [5, 5.41) is 4.44. The summed E-state index contributed by atoms with van der Waals surface area (Å²) in [5.41, 5.74) is 9.41. The first-order valence-electron chi connectivity index (χ1n) is 16.6. The van der Waals surface area contributed by atoms with Gasteiger partial charge in [0.05, 0.1) is 22.9 Å². The SMILES string of the molecule is c1ccc(-c2nc(-c3ccccc3-c3cncc4oc5ccccc5c34)nc(-c3ccccc3-n3c4ccccc4c4ccccc43)n2)cc1. The third-order valence-corrected chi connectivity index (χ3v) is 9.38. The maximum absolute atomic E-state index is 6.22. The van der Waals surface area contributed by atoms with Crippen molar-refractivity contribution in [1.29, 1.82) is 0 Å². The Morgan fingerprint density at radius 3 is 1.72 bits per heavy atom. The van der Waals surface area contributed by atoms with Crippen LogP contribution < -0.4 is 0 Å².